The van der Waals surface area contributed by atoms with Crippen LogP contribution in [0.25, 0.3) is 10.6 Å². The third kappa shape index (κ3) is 4.07. The van der Waals surface area contributed by atoms with Gasteiger partial charge < -0.3 is 10.2 Å². The molecular weight excluding hydrogens is 350 g/mol. The number of hydrazone groups is 1. The van der Waals surface area contributed by atoms with E-state index in [0.29, 0.717) is 5.56 Å². The van der Waals surface area contributed by atoms with Gasteiger partial charge in [0, 0.05) is 10.9 Å². The lowest BCUT2D eigenvalue weighted by molar-refractivity contribution is 0.0951. The number of aromatic nitrogens is 1. The van der Waals surface area contributed by atoms with Crippen LogP contribution in [0, 0.1) is 0 Å². The first-order valence-electron chi connectivity index (χ1n) is 7.97. The number of nitrogens with one attached hydrogen (secondary N) is 1. The monoisotopic (exact) mass is 367 g/mol. The van der Waals surface area contributed by atoms with Crippen LogP contribution < -0.4 is 5.43 Å². The van der Waals surface area contributed by atoms with E-state index in [1.807, 2.05) is 24.3 Å². The number of benzene rings is 2. The summed E-state index contributed by atoms with van der Waals surface area (Å²) in [6.45, 7) is 2.10. The van der Waals surface area contributed by atoms with Gasteiger partial charge in [0.1, 0.15) is 10.7 Å². The van der Waals surface area contributed by atoms with Crippen molar-refractivity contribution in [3.8, 4) is 22.1 Å². The number of hydrogen-bond acceptors (Lipinski definition) is 6. The Hall–Kier alpha value is -3.19. The van der Waals surface area contributed by atoms with E-state index in [0.717, 1.165) is 17.0 Å². The average Bonchev–Trinajstić information content (AvgIpc) is 3.15. The van der Waals surface area contributed by atoms with Gasteiger partial charge in [-0.05, 0) is 35.7 Å². The zero-order valence-corrected chi connectivity index (χ0v) is 14.8. The van der Waals surface area contributed by atoms with E-state index in [9.17, 15) is 15.0 Å². The lowest BCUT2D eigenvalue weighted by Crippen LogP contribution is -2.17. The van der Waals surface area contributed by atoms with E-state index in [1.165, 1.54) is 35.2 Å². The molecule has 132 valence electrons. The molecule has 0 aliphatic heterocycles. The van der Waals surface area contributed by atoms with Crippen molar-refractivity contribution in [3.05, 3.63) is 64.7 Å². The second-order valence-corrected chi connectivity index (χ2v) is 6.39. The maximum absolute atomic E-state index is 12.1. The predicted molar refractivity (Wildman–Crippen MR) is 102 cm³/mol. The number of rotatable bonds is 5. The molecule has 1 aromatic heterocycles. The molecule has 6 nitrogen and oxygen atoms in total. The Kier molecular flexibility index (Phi) is 5.28. The first kappa shape index (κ1) is 17.6. The maximum Gasteiger partial charge on any atom is 0.290 e. The van der Waals surface area contributed by atoms with E-state index in [4.69, 9.17) is 0 Å². The van der Waals surface area contributed by atoms with Crippen LogP contribution in [0.5, 0.6) is 11.5 Å². The smallest absolute Gasteiger partial charge is 0.290 e. The molecular formula is C19H17N3O3S. The van der Waals surface area contributed by atoms with E-state index in [-0.39, 0.29) is 17.2 Å². The molecule has 3 aromatic rings. The van der Waals surface area contributed by atoms with Crippen LogP contribution in [-0.2, 0) is 6.42 Å². The number of carbonyl (C=O) groups excluding carboxylic acids is 1. The molecule has 7 heteroatoms. The summed E-state index contributed by atoms with van der Waals surface area (Å²) in [7, 11) is 0. The highest BCUT2D eigenvalue weighted by Crippen LogP contribution is 2.25. The van der Waals surface area contributed by atoms with Gasteiger partial charge in [-0.15, -0.1) is 11.3 Å². The minimum atomic E-state index is -0.420. The Morgan fingerprint density at radius 1 is 1.19 bits per heavy atom. The van der Waals surface area contributed by atoms with Gasteiger partial charge in [-0.3, -0.25) is 4.79 Å². The fraction of sp³-hybridized carbons (Fsp3) is 0.105. The Balaban J connectivity index is 1.65. The SMILES string of the molecule is CCc1ccc(-c2nc(C(=O)N/N=C/c3ccc(O)c(O)c3)cs2)cc1. The van der Waals surface area contributed by atoms with Crippen LogP contribution in [0.1, 0.15) is 28.5 Å². The first-order chi connectivity index (χ1) is 12.6. The van der Waals surface area contributed by atoms with Crippen molar-refractivity contribution in [2.24, 2.45) is 5.10 Å². The number of phenolic OH excluding ortho intramolecular Hbond substituents is 2. The van der Waals surface area contributed by atoms with Crippen molar-refractivity contribution in [3.63, 3.8) is 0 Å². The summed E-state index contributed by atoms with van der Waals surface area (Å²) in [5.74, 6) is -0.886. The molecule has 0 saturated heterocycles. The molecule has 26 heavy (non-hydrogen) atoms. The molecule has 3 N–H and O–H groups in total. The van der Waals surface area contributed by atoms with Crippen molar-refractivity contribution < 1.29 is 15.0 Å². The van der Waals surface area contributed by atoms with Gasteiger partial charge in [0.25, 0.3) is 5.91 Å². The number of phenols is 2. The summed E-state index contributed by atoms with van der Waals surface area (Å²) < 4.78 is 0. The molecule has 0 saturated carbocycles. The Morgan fingerprint density at radius 3 is 2.65 bits per heavy atom. The lowest BCUT2D eigenvalue weighted by atomic mass is 10.1. The van der Waals surface area contributed by atoms with E-state index >= 15 is 0 Å². The zero-order chi connectivity index (χ0) is 18.5. The minimum Gasteiger partial charge on any atom is -0.504 e. The van der Waals surface area contributed by atoms with Gasteiger partial charge in [0.2, 0.25) is 0 Å². The zero-order valence-electron chi connectivity index (χ0n) is 14.0. The van der Waals surface area contributed by atoms with Crippen LogP contribution in [0.3, 0.4) is 0 Å². The second-order valence-electron chi connectivity index (χ2n) is 5.54. The molecule has 0 spiro atoms. The third-order valence-corrected chi connectivity index (χ3v) is 4.62. The highest BCUT2D eigenvalue weighted by molar-refractivity contribution is 7.13. The number of aryl methyl sites for hydroxylation is 1. The molecule has 0 aliphatic rings. The fourth-order valence-corrected chi connectivity index (χ4v) is 3.04. The molecule has 0 atom stereocenters. The van der Waals surface area contributed by atoms with E-state index < -0.39 is 5.91 Å². The van der Waals surface area contributed by atoms with Crippen LogP contribution in [0.2, 0.25) is 0 Å². The van der Waals surface area contributed by atoms with Crippen molar-refractivity contribution in [1.29, 1.82) is 0 Å². The van der Waals surface area contributed by atoms with Gasteiger partial charge >= 0.3 is 0 Å². The normalized spacial score (nSPS) is 11.0. The van der Waals surface area contributed by atoms with Gasteiger partial charge in [0.15, 0.2) is 11.5 Å². The minimum absolute atomic E-state index is 0.215. The standard InChI is InChI=1S/C19H17N3O3S/c1-2-12-3-6-14(7-4-12)19-21-15(11-26-19)18(25)22-20-10-13-5-8-16(23)17(24)9-13/h3-11,23-24H,2H2,1H3,(H,22,25)/b20-10+. The van der Waals surface area contributed by atoms with Gasteiger partial charge in [-0.25, -0.2) is 10.4 Å². The summed E-state index contributed by atoms with van der Waals surface area (Å²) in [6.07, 6.45) is 2.34. The molecule has 1 heterocycles. The van der Waals surface area contributed by atoms with Gasteiger partial charge in [-0.2, -0.15) is 5.10 Å². The number of hydrogen-bond donors (Lipinski definition) is 3. The first-order valence-corrected chi connectivity index (χ1v) is 8.85. The van der Waals surface area contributed by atoms with Gasteiger partial charge in [-0.1, -0.05) is 31.2 Å². The Labute approximate surface area is 154 Å². The molecule has 0 unspecified atom stereocenters. The van der Waals surface area contributed by atoms with Crippen molar-refractivity contribution in [2.45, 2.75) is 13.3 Å². The number of aromatic hydroxyl groups is 2. The number of amides is 1. The maximum atomic E-state index is 12.1. The van der Waals surface area contributed by atoms with Crippen molar-refractivity contribution in [2.75, 3.05) is 0 Å². The summed E-state index contributed by atoms with van der Waals surface area (Å²) in [6, 6.07) is 12.3. The second kappa shape index (κ2) is 7.79. The van der Waals surface area contributed by atoms with E-state index in [2.05, 4.69) is 22.4 Å². The van der Waals surface area contributed by atoms with Crippen LogP contribution in [-0.4, -0.2) is 27.3 Å². The fourth-order valence-electron chi connectivity index (χ4n) is 2.24. The summed E-state index contributed by atoms with van der Waals surface area (Å²) in [4.78, 5) is 16.5. The van der Waals surface area contributed by atoms with Crippen molar-refractivity contribution in [1.82, 2.24) is 10.4 Å². The highest BCUT2D eigenvalue weighted by Gasteiger charge is 2.11. The van der Waals surface area contributed by atoms with Gasteiger partial charge in [0.05, 0.1) is 6.21 Å². The third-order valence-electron chi connectivity index (χ3n) is 3.73. The van der Waals surface area contributed by atoms with Crippen LogP contribution in [0.15, 0.2) is 52.9 Å². The number of thiazole rings is 1. The van der Waals surface area contributed by atoms with Crippen LogP contribution >= 0.6 is 11.3 Å². The average molecular weight is 367 g/mol. The number of carbonyl (C=O) groups is 1. The Bertz CT molecular complexity index is 949. The Morgan fingerprint density at radius 2 is 1.96 bits per heavy atom. The number of nitrogens with zero attached hydrogens (tertiary/aromatic N) is 2. The molecule has 0 radical (unpaired) electrons. The molecule has 3 rings (SSSR count). The molecule has 1 amide bonds. The molecule has 2 aromatic carbocycles. The van der Waals surface area contributed by atoms with Crippen molar-refractivity contribution >= 4 is 23.5 Å². The quantitative estimate of drug-likeness (QED) is 0.365. The molecule has 0 aliphatic carbocycles. The lowest BCUT2D eigenvalue weighted by Gasteiger charge is -1.99. The predicted octanol–water partition coefficient (Wildman–Crippen LogP) is 3.55. The molecule has 0 bridgehead atoms. The summed E-state index contributed by atoms with van der Waals surface area (Å²) >= 11 is 1.39. The summed E-state index contributed by atoms with van der Waals surface area (Å²) in [5, 5.41) is 25.0. The molecule has 0 fully saturated rings. The van der Waals surface area contributed by atoms with Crippen LogP contribution in [0.4, 0.5) is 0 Å². The largest absolute Gasteiger partial charge is 0.504 e. The topological polar surface area (TPSA) is 94.8 Å². The van der Waals surface area contributed by atoms with E-state index in [1.54, 1.807) is 11.4 Å². The summed E-state index contributed by atoms with van der Waals surface area (Å²) in [5.41, 5.74) is 5.43. The highest BCUT2D eigenvalue weighted by atomic mass is 32.1.